The standard InChI is InChI=1S/C17H24N2O2/c1-4-8-19(9-5-2)17(3,12-18)11-14-6-7-15-16(10-14)21-13-20-15/h6-7,10H,4-5,8-9,11,13H2,1-3H3. The van der Waals surface area contributed by atoms with Crippen molar-refractivity contribution in [1.82, 2.24) is 4.90 Å². The smallest absolute Gasteiger partial charge is 0.231 e. The van der Waals surface area contributed by atoms with Gasteiger partial charge in [-0.25, -0.2) is 0 Å². The number of benzene rings is 1. The molecule has 0 bridgehead atoms. The maximum atomic E-state index is 9.72. The van der Waals surface area contributed by atoms with Crippen LogP contribution in [0.1, 0.15) is 39.2 Å². The van der Waals surface area contributed by atoms with Gasteiger partial charge in [0.2, 0.25) is 6.79 Å². The number of ether oxygens (including phenoxy) is 2. The minimum Gasteiger partial charge on any atom is -0.454 e. The van der Waals surface area contributed by atoms with Crippen LogP contribution in [0.4, 0.5) is 0 Å². The van der Waals surface area contributed by atoms with E-state index in [4.69, 9.17) is 9.47 Å². The third-order valence-electron chi connectivity index (χ3n) is 3.91. The number of hydrogen-bond acceptors (Lipinski definition) is 4. The first-order valence-corrected chi connectivity index (χ1v) is 7.67. The Hall–Kier alpha value is -1.73. The van der Waals surface area contributed by atoms with Gasteiger partial charge in [0.1, 0.15) is 5.54 Å². The molecule has 1 aromatic rings. The maximum absolute atomic E-state index is 9.72. The molecular formula is C17H24N2O2. The quantitative estimate of drug-likeness (QED) is 0.771. The van der Waals surface area contributed by atoms with E-state index in [9.17, 15) is 5.26 Å². The molecule has 1 aromatic carbocycles. The molecule has 1 aliphatic rings. The van der Waals surface area contributed by atoms with Crippen LogP contribution in [-0.4, -0.2) is 30.3 Å². The fourth-order valence-corrected chi connectivity index (χ4v) is 2.82. The minimum absolute atomic E-state index is 0.284. The Kier molecular flexibility index (Phi) is 5.08. The Morgan fingerprint density at radius 1 is 1.19 bits per heavy atom. The molecule has 0 fully saturated rings. The van der Waals surface area contributed by atoms with Gasteiger partial charge < -0.3 is 9.47 Å². The van der Waals surface area contributed by atoms with E-state index in [1.165, 1.54) is 0 Å². The SMILES string of the molecule is CCCN(CCC)C(C)(C#N)Cc1ccc2c(c1)OCO2. The lowest BCUT2D eigenvalue weighted by atomic mass is 9.91. The topological polar surface area (TPSA) is 45.5 Å². The number of fused-ring (bicyclic) bond motifs is 1. The number of rotatable bonds is 7. The molecule has 0 N–H and O–H groups in total. The van der Waals surface area contributed by atoms with Crippen LogP contribution >= 0.6 is 0 Å². The first kappa shape index (κ1) is 15.7. The molecule has 1 heterocycles. The summed E-state index contributed by atoms with van der Waals surface area (Å²) in [6, 6.07) is 8.47. The van der Waals surface area contributed by atoms with E-state index < -0.39 is 5.54 Å². The maximum Gasteiger partial charge on any atom is 0.231 e. The highest BCUT2D eigenvalue weighted by Crippen LogP contribution is 2.34. The summed E-state index contributed by atoms with van der Waals surface area (Å²) in [7, 11) is 0. The third-order valence-corrected chi connectivity index (χ3v) is 3.91. The van der Waals surface area contributed by atoms with Gasteiger partial charge in [0.15, 0.2) is 11.5 Å². The van der Waals surface area contributed by atoms with E-state index in [0.717, 1.165) is 43.0 Å². The molecular weight excluding hydrogens is 264 g/mol. The first-order valence-electron chi connectivity index (χ1n) is 7.67. The molecule has 4 heteroatoms. The Balaban J connectivity index is 2.18. The van der Waals surface area contributed by atoms with Crippen LogP contribution in [0.5, 0.6) is 11.5 Å². The summed E-state index contributed by atoms with van der Waals surface area (Å²) in [5.74, 6) is 1.57. The van der Waals surface area contributed by atoms with Gasteiger partial charge in [0, 0.05) is 6.42 Å². The summed E-state index contributed by atoms with van der Waals surface area (Å²) in [6.45, 7) is 8.52. The largest absolute Gasteiger partial charge is 0.454 e. The van der Waals surface area contributed by atoms with E-state index in [-0.39, 0.29) is 6.79 Å². The average Bonchev–Trinajstić information content (AvgIpc) is 2.94. The van der Waals surface area contributed by atoms with Gasteiger partial charge in [0.05, 0.1) is 6.07 Å². The van der Waals surface area contributed by atoms with Crippen LogP contribution in [-0.2, 0) is 6.42 Å². The van der Waals surface area contributed by atoms with Crippen molar-refractivity contribution in [2.24, 2.45) is 0 Å². The van der Waals surface area contributed by atoms with Gasteiger partial charge in [-0.2, -0.15) is 5.26 Å². The zero-order valence-electron chi connectivity index (χ0n) is 13.2. The van der Waals surface area contributed by atoms with Crippen molar-refractivity contribution >= 4 is 0 Å². The van der Waals surface area contributed by atoms with Gasteiger partial charge in [-0.15, -0.1) is 0 Å². The van der Waals surface area contributed by atoms with Crippen molar-refractivity contribution in [2.75, 3.05) is 19.9 Å². The lowest BCUT2D eigenvalue weighted by Crippen LogP contribution is -2.47. The van der Waals surface area contributed by atoms with Crippen LogP contribution in [0.2, 0.25) is 0 Å². The molecule has 0 saturated carbocycles. The zero-order chi connectivity index (χ0) is 15.3. The van der Waals surface area contributed by atoms with E-state index in [1.807, 2.05) is 25.1 Å². The molecule has 1 atom stereocenters. The van der Waals surface area contributed by atoms with Gasteiger partial charge in [-0.3, -0.25) is 4.90 Å². The van der Waals surface area contributed by atoms with Crippen LogP contribution in [0.3, 0.4) is 0 Å². The van der Waals surface area contributed by atoms with E-state index in [2.05, 4.69) is 24.8 Å². The van der Waals surface area contributed by atoms with Crippen LogP contribution < -0.4 is 9.47 Å². The van der Waals surface area contributed by atoms with E-state index in [0.29, 0.717) is 6.42 Å². The predicted molar refractivity (Wildman–Crippen MR) is 82.4 cm³/mol. The molecule has 0 amide bonds. The van der Waals surface area contributed by atoms with Gasteiger partial charge in [-0.05, 0) is 50.6 Å². The zero-order valence-corrected chi connectivity index (χ0v) is 13.2. The minimum atomic E-state index is -0.486. The predicted octanol–water partition coefficient (Wildman–Crippen LogP) is 3.36. The van der Waals surface area contributed by atoms with Crippen molar-refractivity contribution in [1.29, 1.82) is 5.26 Å². The Bertz CT molecular complexity index is 518. The Labute approximate surface area is 127 Å². The van der Waals surface area contributed by atoms with Crippen LogP contribution in [0.15, 0.2) is 18.2 Å². The summed E-state index contributed by atoms with van der Waals surface area (Å²) >= 11 is 0. The Morgan fingerprint density at radius 2 is 1.86 bits per heavy atom. The number of nitriles is 1. The van der Waals surface area contributed by atoms with Crippen molar-refractivity contribution in [3.05, 3.63) is 23.8 Å². The molecule has 4 nitrogen and oxygen atoms in total. The lowest BCUT2D eigenvalue weighted by Gasteiger charge is -2.36. The highest BCUT2D eigenvalue weighted by molar-refractivity contribution is 5.45. The summed E-state index contributed by atoms with van der Waals surface area (Å²) in [4.78, 5) is 2.29. The van der Waals surface area contributed by atoms with Crippen molar-refractivity contribution in [3.63, 3.8) is 0 Å². The average molecular weight is 288 g/mol. The van der Waals surface area contributed by atoms with Crippen molar-refractivity contribution in [3.8, 4) is 17.6 Å². The summed E-state index contributed by atoms with van der Waals surface area (Å²) in [5, 5.41) is 9.72. The highest BCUT2D eigenvalue weighted by atomic mass is 16.7. The van der Waals surface area contributed by atoms with Gasteiger partial charge >= 0.3 is 0 Å². The molecule has 0 radical (unpaired) electrons. The fourth-order valence-electron chi connectivity index (χ4n) is 2.82. The molecule has 0 aliphatic carbocycles. The highest BCUT2D eigenvalue weighted by Gasteiger charge is 2.31. The van der Waals surface area contributed by atoms with Gasteiger partial charge in [-0.1, -0.05) is 19.9 Å². The van der Waals surface area contributed by atoms with E-state index >= 15 is 0 Å². The first-order chi connectivity index (χ1) is 10.1. The lowest BCUT2D eigenvalue weighted by molar-refractivity contribution is 0.151. The van der Waals surface area contributed by atoms with Crippen molar-refractivity contribution < 1.29 is 9.47 Å². The van der Waals surface area contributed by atoms with Crippen LogP contribution in [0, 0.1) is 11.3 Å². The molecule has 0 spiro atoms. The number of nitrogens with zero attached hydrogens (tertiary/aromatic N) is 2. The summed E-state index contributed by atoms with van der Waals surface area (Å²) < 4.78 is 10.8. The monoisotopic (exact) mass is 288 g/mol. The van der Waals surface area contributed by atoms with Crippen molar-refractivity contribution in [2.45, 2.75) is 45.6 Å². The summed E-state index contributed by atoms with van der Waals surface area (Å²) in [6.07, 6.45) is 2.80. The molecule has 114 valence electrons. The molecule has 1 aliphatic heterocycles. The Morgan fingerprint density at radius 3 is 2.48 bits per heavy atom. The number of hydrogen-bond donors (Lipinski definition) is 0. The normalized spacial score (nSPS) is 15.8. The molecule has 2 rings (SSSR count). The second kappa shape index (κ2) is 6.82. The second-order valence-electron chi connectivity index (χ2n) is 5.74. The molecule has 0 saturated heterocycles. The third kappa shape index (κ3) is 3.48. The second-order valence-corrected chi connectivity index (χ2v) is 5.74. The van der Waals surface area contributed by atoms with Crippen LogP contribution in [0.25, 0.3) is 0 Å². The summed E-state index contributed by atoms with van der Waals surface area (Å²) in [5.41, 5.74) is 0.625. The van der Waals surface area contributed by atoms with Gasteiger partial charge in [0.25, 0.3) is 0 Å². The molecule has 1 unspecified atom stereocenters. The van der Waals surface area contributed by atoms with E-state index in [1.54, 1.807) is 0 Å². The molecule has 0 aromatic heterocycles. The fraction of sp³-hybridized carbons (Fsp3) is 0.588. The molecule has 21 heavy (non-hydrogen) atoms.